The standard InChI is InChI=1S/C32H31NO4/c1-31(2)27(22-9-11-24(12-10-22)30(35)36)17-19-32(3)21-33(20-18-28(31)32)29(34)23-13-15-26(16-14-23)37-25-7-5-4-6-8-25/h4-18H,19-21H2,1-3H3,(H,35,36)/t32-/m1/s1. The molecule has 5 heteroatoms. The molecule has 0 radical (unpaired) electrons. The predicted octanol–water partition coefficient (Wildman–Crippen LogP) is 7.08. The van der Waals surface area contributed by atoms with Gasteiger partial charge in [0.25, 0.3) is 5.91 Å². The molecule has 0 aromatic heterocycles. The van der Waals surface area contributed by atoms with Crippen LogP contribution >= 0.6 is 0 Å². The van der Waals surface area contributed by atoms with Gasteiger partial charge in [-0.15, -0.1) is 0 Å². The first kappa shape index (κ1) is 24.6. The average molecular weight is 494 g/mol. The minimum atomic E-state index is -0.922. The Morgan fingerprint density at radius 3 is 2.08 bits per heavy atom. The van der Waals surface area contributed by atoms with Crippen LogP contribution in [-0.2, 0) is 0 Å². The number of aromatic carboxylic acids is 1. The van der Waals surface area contributed by atoms with E-state index >= 15 is 0 Å². The van der Waals surface area contributed by atoms with Gasteiger partial charge >= 0.3 is 5.97 Å². The molecular formula is C32H31NO4. The van der Waals surface area contributed by atoms with Crippen molar-refractivity contribution in [2.45, 2.75) is 27.2 Å². The minimum absolute atomic E-state index is 0.0135. The SMILES string of the molecule is CC1(C)C(c2ccc(C(=O)O)cc2)=CC[C@]2(C)CN(C(=O)c3ccc(Oc4ccccc4)cc3)CC=C12. The highest BCUT2D eigenvalue weighted by Gasteiger charge is 2.46. The van der Waals surface area contributed by atoms with Crippen LogP contribution in [0, 0.1) is 10.8 Å². The van der Waals surface area contributed by atoms with Crippen LogP contribution in [0.25, 0.3) is 5.57 Å². The molecule has 5 rings (SSSR count). The van der Waals surface area contributed by atoms with Gasteiger partial charge in [-0.1, -0.05) is 68.8 Å². The van der Waals surface area contributed by atoms with Crippen molar-refractivity contribution < 1.29 is 19.4 Å². The molecule has 0 unspecified atom stereocenters. The quantitative estimate of drug-likeness (QED) is 0.386. The van der Waals surface area contributed by atoms with Gasteiger partial charge in [0.15, 0.2) is 0 Å². The zero-order valence-electron chi connectivity index (χ0n) is 21.4. The first-order valence-electron chi connectivity index (χ1n) is 12.6. The topological polar surface area (TPSA) is 66.8 Å². The minimum Gasteiger partial charge on any atom is -0.478 e. The van der Waals surface area contributed by atoms with Crippen molar-refractivity contribution in [3.63, 3.8) is 0 Å². The van der Waals surface area contributed by atoms with Crippen molar-refractivity contribution in [2.24, 2.45) is 10.8 Å². The van der Waals surface area contributed by atoms with Gasteiger partial charge in [-0.3, -0.25) is 4.79 Å². The zero-order valence-corrected chi connectivity index (χ0v) is 21.4. The molecule has 3 aromatic rings. The normalized spacial score (nSPS) is 20.4. The molecule has 188 valence electrons. The number of fused-ring (bicyclic) bond motifs is 1. The third kappa shape index (κ3) is 4.69. The number of hydrogen-bond acceptors (Lipinski definition) is 3. The molecule has 1 N–H and O–H groups in total. The highest BCUT2D eigenvalue weighted by molar-refractivity contribution is 5.95. The molecule has 1 aliphatic heterocycles. The average Bonchev–Trinajstić information content (AvgIpc) is 2.89. The van der Waals surface area contributed by atoms with Crippen LogP contribution in [0.3, 0.4) is 0 Å². The van der Waals surface area contributed by atoms with E-state index in [-0.39, 0.29) is 22.3 Å². The van der Waals surface area contributed by atoms with Crippen molar-refractivity contribution in [1.29, 1.82) is 0 Å². The summed E-state index contributed by atoms with van der Waals surface area (Å²) in [6.07, 6.45) is 5.29. The molecule has 1 aliphatic carbocycles. The molecular weight excluding hydrogens is 462 g/mol. The van der Waals surface area contributed by atoms with Gasteiger partial charge in [0.1, 0.15) is 11.5 Å². The molecule has 0 fully saturated rings. The number of carboxylic acid groups (broad SMARTS) is 1. The number of allylic oxidation sites excluding steroid dienone is 2. The number of carbonyl (C=O) groups is 2. The molecule has 5 nitrogen and oxygen atoms in total. The van der Waals surface area contributed by atoms with E-state index in [1.54, 1.807) is 12.1 Å². The van der Waals surface area contributed by atoms with E-state index in [0.29, 0.717) is 24.4 Å². The summed E-state index contributed by atoms with van der Waals surface area (Å²) in [6.45, 7) is 7.87. The van der Waals surface area contributed by atoms with Crippen LogP contribution in [0.5, 0.6) is 11.5 Å². The third-order valence-corrected chi connectivity index (χ3v) is 7.62. The number of carbonyl (C=O) groups excluding carboxylic acids is 1. The van der Waals surface area contributed by atoms with Gasteiger partial charge in [0.05, 0.1) is 5.56 Å². The lowest BCUT2D eigenvalue weighted by molar-refractivity contribution is 0.0678. The van der Waals surface area contributed by atoms with E-state index in [2.05, 4.69) is 32.9 Å². The zero-order chi connectivity index (χ0) is 26.2. The molecule has 2 aliphatic rings. The number of para-hydroxylation sites is 1. The lowest BCUT2D eigenvalue weighted by Crippen LogP contribution is -2.48. The molecule has 0 spiro atoms. The molecule has 3 aromatic carbocycles. The second-order valence-corrected chi connectivity index (χ2v) is 10.6. The van der Waals surface area contributed by atoms with Gasteiger partial charge in [0.2, 0.25) is 0 Å². The number of benzene rings is 3. The lowest BCUT2D eigenvalue weighted by Gasteiger charge is -2.50. The summed E-state index contributed by atoms with van der Waals surface area (Å²) in [5.74, 6) is 0.542. The van der Waals surface area contributed by atoms with Crippen molar-refractivity contribution in [2.75, 3.05) is 13.1 Å². The number of rotatable bonds is 5. The Labute approximate surface area is 217 Å². The summed E-state index contributed by atoms with van der Waals surface area (Å²) in [4.78, 5) is 26.6. The molecule has 1 heterocycles. The molecule has 37 heavy (non-hydrogen) atoms. The van der Waals surface area contributed by atoms with Crippen LogP contribution in [0.15, 0.2) is 96.6 Å². The molecule has 0 saturated heterocycles. The van der Waals surface area contributed by atoms with Crippen LogP contribution in [0.2, 0.25) is 0 Å². The highest BCUT2D eigenvalue weighted by atomic mass is 16.5. The van der Waals surface area contributed by atoms with Gasteiger partial charge < -0.3 is 14.7 Å². The molecule has 0 bridgehead atoms. The van der Waals surface area contributed by atoms with E-state index in [1.165, 1.54) is 11.1 Å². The van der Waals surface area contributed by atoms with Crippen LogP contribution in [-0.4, -0.2) is 35.0 Å². The van der Waals surface area contributed by atoms with Crippen LogP contribution in [0.1, 0.15) is 53.5 Å². The maximum atomic E-state index is 13.4. The number of amides is 1. The summed E-state index contributed by atoms with van der Waals surface area (Å²) in [6, 6.07) is 24.0. The second-order valence-electron chi connectivity index (χ2n) is 10.6. The molecule has 1 atom stereocenters. The van der Waals surface area contributed by atoms with Crippen LogP contribution < -0.4 is 4.74 Å². The van der Waals surface area contributed by atoms with E-state index in [4.69, 9.17) is 4.74 Å². The van der Waals surface area contributed by atoms with Crippen molar-refractivity contribution >= 4 is 17.4 Å². The first-order chi connectivity index (χ1) is 17.7. The van der Waals surface area contributed by atoms with Gasteiger partial charge in [-0.2, -0.15) is 0 Å². The van der Waals surface area contributed by atoms with Gasteiger partial charge in [-0.05, 0) is 66.1 Å². The van der Waals surface area contributed by atoms with Crippen molar-refractivity contribution in [3.8, 4) is 11.5 Å². The maximum Gasteiger partial charge on any atom is 0.335 e. The Balaban J connectivity index is 1.33. The van der Waals surface area contributed by atoms with Crippen LogP contribution in [0.4, 0.5) is 0 Å². The van der Waals surface area contributed by atoms with E-state index in [9.17, 15) is 14.7 Å². The van der Waals surface area contributed by atoms with Crippen molar-refractivity contribution in [3.05, 3.63) is 113 Å². The third-order valence-electron chi connectivity index (χ3n) is 7.62. The fourth-order valence-corrected chi connectivity index (χ4v) is 5.83. The smallest absolute Gasteiger partial charge is 0.335 e. The van der Waals surface area contributed by atoms with E-state index in [0.717, 1.165) is 17.7 Å². The lowest BCUT2D eigenvalue weighted by atomic mass is 9.58. The fraction of sp³-hybridized carbons (Fsp3) is 0.250. The molecule has 1 amide bonds. The fourth-order valence-electron chi connectivity index (χ4n) is 5.83. The Bertz CT molecular complexity index is 1380. The Kier molecular flexibility index (Phi) is 6.24. The highest BCUT2D eigenvalue weighted by Crippen LogP contribution is 2.55. The number of nitrogens with zero attached hydrogens (tertiary/aromatic N) is 1. The second kappa shape index (κ2) is 9.40. The number of carboxylic acids is 1. The summed E-state index contributed by atoms with van der Waals surface area (Å²) >= 11 is 0. The Morgan fingerprint density at radius 1 is 0.811 bits per heavy atom. The summed E-state index contributed by atoms with van der Waals surface area (Å²) in [5.41, 5.74) is 4.09. The summed E-state index contributed by atoms with van der Waals surface area (Å²) in [7, 11) is 0. The Hall–Kier alpha value is -4.12. The number of hydrogen-bond donors (Lipinski definition) is 1. The van der Waals surface area contributed by atoms with Gasteiger partial charge in [0, 0.05) is 29.5 Å². The maximum absolute atomic E-state index is 13.4. The van der Waals surface area contributed by atoms with E-state index < -0.39 is 5.97 Å². The summed E-state index contributed by atoms with van der Waals surface area (Å²) in [5, 5.41) is 9.24. The van der Waals surface area contributed by atoms with Gasteiger partial charge in [-0.25, -0.2) is 4.79 Å². The predicted molar refractivity (Wildman–Crippen MR) is 145 cm³/mol. The monoisotopic (exact) mass is 493 g/mol. The van der Waals surface area contributed by atoms with E-state index in [1.807, 2.05) is 71.6 Å². The Morgan fingerprint density at radius 2 is 1.43 bits per heavy atom. The summed E-state index contributed by atoms with van der Waals surface area (Å²) < 4.78 is 5.86. The largest absolute Gasteiger partial charge is 0.478 e. The van der Waals surface area contributed by atoms with Crippen molar-refractivity contribution in [1.82, 2.24) is 4.90 Å². The first-order valence-corrected chi connectivity index (χ1v) is 12.6. The number of ether oxygens (including phenoxy) is 1. The molecule has 0 saturated carbocycles.